The van der Waals surface area contributed by atoms with Gasteiger partial charge in [-0.05, 0) is 0 Å². The van der Waals surface area contributed by atoms with Crippen LogP contribution in [0.15, 0.2) is 17.4 Å². The van der Waals surface area contributed by atoms with Gasteiger partial charge in [0, 0.05) is 6.20 Å². The van der Waals surface area contributed by atoms with Gasteiger partial charge in [-0.2, -0.15) is 5.10 Å². The Balaban J connectivity index is 2.77. The van der Waals surface area contributed by atoms with E-state index in [1.165, 1.54) is 6.34 Å². The molecule has 0 atom stereocenters. The highest BCUT2D eigenvalue weighted by atomic mass is 15.1. The third kappa shape index (κ3) is 0.841. The van der Waals surface area contributed by atoms with Gasteiger partial charge in [0.05, 0.1) is 12.5 Å². The Hall–Kier alpha value is -1.32. The fraction of sp³-hybridized carbons (Fsp3) is 0. The SMILES string of the molecule is NC=Nc1cn[nH]c1. The highest BCUT2D eigenvalue weighted by molar-refractivity contribution is 5.57. The summed E-state index contributed by atoms with van der Waals surface area (Å²) in [7, 11) is 0. The van der Waals surface area contributed by atoms with E-state index in [-0.39, 0.29) is 0 Å². The molecule has 0 saturated heterocycles. The van der Waals surface area contributed by atoms with Crippen LogP contribution in [0, 0.1) is 0 Å². The maximum absolute atomic E-state index is 4.99. The second kappa shape index (κ2) is 2.11. The molecule has 0 spiro atoms. The summed E-state index contributed by atoms with van der Waals surface area (Å²) in [6, 6.07) is 0. The Labute approximate surface area is 46.4 Å². The van der Waals surface area contributed by atoms with E-state index in [1.54, 1.807) is 12.4 Å². The minimum atomic E-state index is 0.743. The number of hydrogen-bond acceptors (Lipinski definition) is 2. The molecular formula is C4H6N4. The predicted octanol–water partition coefficient (Wildman–Crippen LogP) is 0.0282. The highest BCUT2D eigenvalue weighted by Gasteiger charge is 1.82. The van der Waals surface area contributed by atoms with Crippen molar-refractivity contribution in [3.8, 4) is 0 Å². The molecule has 0 unspecified atom stereocenters. The molecule has 0 amide bonds. The van der Waals surface area contributed by atoms with Crippen molar-refractivity contribution in [2.45, 2.75) is 0 Å². The number of rotatable bonds is 1. The minimum Gasteiger partial charge on any atom is -0.390 e. The lowest BCUT2D eigenvalue weighted by Crippen LogP contribution is -1.85. The van der Waals surface area contributed by atoms with Crippen LogP contribution in [0.5, 0.6) is 0 Å². The molecule has 0 bridgehead atoms. The van der Waals surface area contributed by atoms with Crippen molar-refractivity contribution in [2.75, 3.05) is 0 Å². The largest absolute Gasteiger partial charge is 0.390 e. The molecule has 0 aliphatic rings. The van der Waals surface area contributed by atoms with Gasteiger partial charge in [0.15, 0.2) is 0 Å². The molecule has 4 heteroatoms. The Kier molecular flexibility index (Phi) is 1.27. The maximum Gasteiger partial charge on any atom is 0.102 e. The molecule has 0 radical (unpaired) electrons. The van der Waals surface area contributed by atoms with Gasteiger partial charge in [0.25, 0.3) is 0 Å². The predicted molar refractivity (Wildman–Crippen MR) is 30.9 cm³/mol. The summed E-state index contributed by atoms with van der Waals surface area (Å²) >= 11 is 0. The normalized spacial score (nSPS) is 10.5. The van der Waals surface area contributed by atoms with Crippen LogP contribution in [0.1, 0.15) is 0 Å². The molecule has 42 valence electrons. The average Bonchev–Trinajstić information content (AvgIpc) is 2.19. The third-order valence-electron chi connectivity index (χ3n) is 0.707. The lowest BCUT2D eigenvalue weighted by Gasteiger charge is -1.74. The Morgan fingerprint density at radius 3 is 3.25 bits per heavy atom. The summed E-state index contributed by atoms with van der Waals surface area (Å²) < 4.78 is 0. The van der Waals surface area contributed by atoms with E-state index in [0.717, 1.165) is 5.69 Å². The maximum atomic E-state index is 4.99. The molecule has 4 nitrogen and oxygen atoms in total. The number of nitrogens with two attached hydrogens (primary N) is 1. The molecule has 0 saturated carbocycles. The lowest BCUT2D eigenvalue weighted by atomic mass is 10.6. The average molecular weight is 110 g/mol. The number of aliphatic imine (C=N–C) groups is 1. The smallest absolute Gasteiger partial charge is 0.102 e. The zero-order valence-corrected chi connectivity index (χ0v) is 4.20. The van der Waals surface area contributed by atoms with E-state index in [1.807, 2.05) is 0 Å². The number of aromatic amines is 1. The van der Waals surface area contributed by atoms with Crippen LogP contribution >= 0.6 is 0 Å². The van der Waals surface area contributed by atoms with Gasteiger partial charge in [-0.25, -0.2) is 4.99 Å². The molecule has 1 aromatic heterocycles. The van der Waals surface area contributed by atoms with Crippen LogP contribution in [-0.2, 0) is 0 Å². The van der Waals surface area contributed by atoms with Crippen molar-refractivity contribution >= 4 is 12.0 Å². The van der Waals surface area contributed by atoms with Crippen molar-refractivity contribution in [2.24, 2.45) is 10.7 Å². The van der Waals surface area contributed by atoms with Crippen molar-refractivity contribution in [3.63, 3.8) is 0 Å². The van der Waals surface area contributed by atoms with Gasteiger partial charge < -0.3 is 5.73 Å². The number of aromatic nitrogens is 2. The van der Waals surface area contributed by atoms with Crippen molar-refractivity contribution in [1.29, 1.82) is 0 Å². The van der Waals surface area contributed by atoms with Gasteiger partial charge in [-0.1, -0.05) is 0 Å². The summed E-state index contributed by atoms with van der Waals surface area (Å²) in [5.74, 6) is 0. The van der Waals surface area contributed by atoms with Crippen molar-refractivity contribution < 1.29 is 0 Å². The summed E-state index contributed by atoms with van der Waals surface area (Å²) in [6.45, 7) is 0. The van der Waals surface area contributed by atoms with Gasteiger partial charge in [-0.3, -0.25) is 5.10 Å². The van der Waals surface area contributed by atoms with Gasteiger partial charge in [-0.15, -0.1) is 0 Å². The van der Waals surface area contributed by atoms with Crippen LogP contribution in [0.3, 0.4) is 0 Å². The van der Waals surface area contributed by atoms with E-state index >= 15 is 0 Å². The molecule has 0 aliphatic carbocycles. The first-order valence-electron chi connectivity index (χ1n) is 2.16. The van der Waals surface area contributed by atoms with Crippen LogP contribution in [-0.4, -0.2) is 16.5 Å². The minimum absolute atomic E-state index is 0.743. The standard InChI is InChI=1S/C4H6N4/c5-3-6-4-1-7-8-2-4/h1-3H,(H2,5,6)(H,7,8). The van der Waals surface area contributed by atoms with Crippen LogP contribution in [0.4, 0.5) is 5.69 Å². The van der Waals surface area contributed by atoms with Crippen LogP contribution < -0.4 is 5.73 Å². The first-order chi connectivity index (χ1) is 3.93. The summed E-state index contributed by atoms with van der Waals surface area (Å²) in [4.78, 5) is 3.73. The van der Waals surface area contributed by atoms with E-state index in [4.69, 9.17) is 5.73 Å². The number of hydrogen-bond donors (Lipinski definition) is 2. The Morgan fingerprint density at radius 2 is 2.75 bits per heavy atom. The molecule has 1 aromatic rings. The third-order valence-corrected chi connectivity index (χ3v) is 0.707. The quantitative estimate of drug-likeness (QED) is 0.395. The fourth-order valence-electron chi connectivity index (χ4n) is 0.401. The zero-order valence-electron chi connectivity index (χ0n) is 4.20. The molecule has 8 heavy (non-hydrogen) atoms. The molecule has 0 aliphatic heterocycles. The summed E-state index contributed by atoms with van der Waals surface area (Å²) in [5.41, 5.74) is 5.73. The van der Waals surface area contributed by atoms with Crippen LogP contribution in [0.2, 0.25) is 0 Å². The first kappa shape index (κ1) is 4.83. The fourth-order valence-corrected chi connectivity index (χ4v) is 0.401. The number of nitrogens with one attached hydrogen (secondary N) is 1. The molecule has 1 rings (SSSR count). The van der Waals surface area contributed by atoms with E-state index in [0.29, 0.717) is 0 Å². The van der Waals surface area contributed by atoms with E-state index in [9.17, 15) is 0 Å². The lowest BCUT2D eigenvalue weighted by molar-refractivity contribution is 1.09. The second-order valence-electron chi connectivity index (χ2n) is 1.23. The highest BCUT2D eigenvalue weighted by Crippen LogP contribution is 2.03. The van der Waals surface area contributed by atoms with E-state index in [2.05, 4.69) is 15.2 Å². The van der Waals surface area contributed by atoms with Gasteiger partial charge in [0.1, 0.15) is 5.69 Å². The Morgan fingerprint density at radius 1 is 1.88 bits per heavy atom. The number of H-pyrrole nitrogens is 1. The van der Waals surface area contributed by atoms with Crippen molar-refractivity contribution in [3.05, 3.63) is 12.4 Å². The molecule has 1 heterocycles. The van der Waals surface area contributed by atoms with Crippen LogP contribution in [0.25, 0.3) is 0 Å². The second-order valence-corrected chi connectivity index (χ2v) is 1.23. The molecule has 0 aromatic carbocycles. The zero-order chi connectivity index (χ0) is 5.82. The molecule has 3 N–H and O–H groups in total. The first-order valence-corrected chi connectivity index (χ1v) is 2.16. The summed E-state index contributed by atoms with van der Waals surface area (Å²) in [5, 5.41) is 6.24. The Bertz CT molecular complexity index is 164. The summed E-state index contributed by atoms with van der Waals surface area (Å²) in [6.07, 6.45) is 4.47. The molecule has 0 fully saturated rings. The van der Waals surface area contributed by atoms with Crippen molar-refractivity contribution in [1.82, 2.24) is 10.2 Å². The topological polar surface area (TPSA) is 67.1 Å². The van der Waals surface area contributed by atoms with Gasteiger partial charge >= 0.3 is 0 Å². The monoisotopic (exact) mass is 110 g/mol. The van der Waals surface area contributed by atoms with E-state index < -0.39 is 0 Å². The number of nitrogens with zero attached hydrogens (tertiary/aromatic N) is 2. The van der Waals surface area contributed by atoms with Gasteiger partial charge in [0.2, 0.25) is 0 Å². The molecular weight excluding hydrogens is 104 g/mol.